The van der Waals surface area contributed by atoms with Crippen molar-refractivity contribution in [1.29, 1.82) is 0 Å². The van der Waals surface area contributed by atoms with Crippen molar-refractivity contribution in [1.82, 2.24) is 15.3 Å². The first-order chi connectivity index (χ1) is 8.43. The van der Waals surface area contributed by atoms with Crippen LogP contribution in [-0.2, 0) is 0 Å². The van der Waals surface area contributed by atoms with Crippen molar-refractivity contribution in [2.75, 3.05) is 31.1 Å². The molecule has 3 rings (SSSR count). The molecule has 0 saturated carbocycles. The van der Waals surface area contributed by atoms with Gasteiger partial charge in [0.2, 0.25) is 0 Å². The van der Waals surface area contributed by atoms with E-state index in [1.165, 1.54) is 0 Å². The second-order valence-electron chi connectivity index (χ2n) is 3.95. The Bertz CT molecular complexity index is 477. The number of aromatic nitrogens is 2. The lowest BCUT2D eigenvalue weighted by Crippen LogP contribution is -2.43. The van der Waals surface area contributed by atoms with Crippen molar-refractivity contribution in [3.8, 4) is 10.7 Å². The largest absolute Gasteiger partial charge is 0.354 e. The summed E-state index contributed by atoms with van der Waals surface area (Å²) >= 11 is 1.68. The summed E-state index contributed by atoms with van der Waals surface area (Å²) in [5.41, 5.74) is 0. The zero-order chi connectivity index (χ0) is 11.5. The van der Waals surface area contributed by atoms with Crippen molar-refractivity contribution in [3.05, 3.63) is 29.8 Å². The summed E-state index contributed by atoms with van der Waals surface area (Å²) in [6.07, 6.45) is 1.85. The Morgan fingerprint density at radius 1 is 1.24 bits per heavy atom. The fourth-order valence-corrected chi connectivity index (χ4v) is 2.61. The highest BCUT2D eigenvalue weighted by molar-refractivity contribution is 7.13. The van der Waals surface area contributed by atoms with E-state index >= 15 is 0 Å². The summed E-state index contributed by atoms with van der Waals surface area (Å²) in [5, 5.41) is 5.40. The number of hydrogen-bond donors (Lipinski definition) is 1. The molecule has 0 atom stereocenters. The average Bonchev–Trinajstić information content (AvgIpc) is 2.94. The molecule has 0 spiro atoms. The molecule has 2 aromatic heterocycles. The van der Waals surface area contributed by atoms with Crippen LogP contribution in [0.4, 0.5) is 5.82 Å². The molecule has 0 unspecified atom stereocenters. The topological polar surface area (TPSA) is 41.1 Å². The van der Waals surface area contributed by atoms with Crippen molar-refractivity contribution in [2.45, 2.75) is 0 Å². The second kappa shape index (κ2) is 4.81. The first kappa shape index (κ1) is 10.7. The van der Waals surface area contributed by atoms with Gasteiger partial charge in [-0.05, 0) is 17.5 Å². The predicted molar refractivity (Wildman–Crippen MR) is 70.4 cm³/mol. The molecule has 0 amide bonds. The molecular formula is C12H14N4S. The number of rotatable bonds is 2. The minimum atomic E-state index is 0.830. The average molecular weight is 246 g/mol. The lowest BCUT2D eigenvalue weighted by molar-refractivity contribution is 0.585. The number of thiophene rings is 1. The highest BCUT2D eigenvalue weighted by atomic mass is 32.1. The van der Waals surface area contributed by atoms with E-state index in [9.17, 15) is 0 Å². The normalized spacial score (nSPS) is 16.1. The molecule has 2 aromatic rings. The smallest absolute Gasteiger partial charge is 0.171 e. The first-order valence-corrected chi connectivity index (χ1v) is 6.64. The van der Waals surface area contributed by atoms with E-state index in [1.54, 1.807) is 11.3 Å². The third-order valence-corrected chi connectivity index (χ3v) is 3.69. The van der Waals surface area contributed by atoms with Gasteiger partial charge in [-0.1, -0.05) is 6.07 Å². The van der Waals surface area contributed by atoms with E-state index in [0.717, 1.165) is 42.7 Å². The molecule has 1 saturated heterocycles. The van der Waals surface area contributed by atoms with Crippen molar-refractivity contribution in [2.24, 2.45) is 0 Å². The SMILES string of the molecule is c1csc(-c2nccc(N3CCNCC3)n2)c1. The van der Waals surface area contributed by atoms with Crippen LogP contribution >= 0.6 is 11.3 Å². The highest BCUT2D eigenvalue weighted by Gasteiger charge is 2.12. The van der Waals surface area contributed by atoms with Gasteiger partial charge in [0.25, 0.3) is 0 Å². The van der Waals surface area contributed by atoms with E-state index in [1.807, 2.05) is 18.3 Å². The lowest BCUT2D eigenvalue weighted by atomic mass is 10.3. The lowest BCUT2D eigenvalue weighted by Gasteiger charge is -2.28. The Kier molecular flexibility index (Phi) is 3.02. The standard InChI is InChI=1S/C12H14N4S/c1-2-10(17-9-1)12-14-4-3-11(15-12)16-7-5-13-6-8-16/h1-4,9,13H,5-8H2. The second-order valence-corrected chi connectivity index (χ2v) is 4.90. The number of hydrogen-bond acceptors (Lipinski definition) is 5. The van der Waals surface area contributed by atoms with E-state index < -0.39 is 0 Å². The maximum atomic E-state index is 4.64. The molecule has 88 valence electrons. The van der Waals surface area contributed by atoms with Crippen LogP contribution in [0.15, 0.2) is 29.8 Å². The zero-order valence-corrected chi connectivity index (χ0v) is 10.3. The third kappa shape index (κ3) is 2.30. The predicted octanol–water partition coefficient (Wildman–Crippen LogP) is 1.61. The molecule has 0 radical (unpaired) electrons. The van der Waals surface area contributed by atoms with Gasteiger partial charge in [-0.15, -0.1) is 11.3 Å². The van der Waals surface area contributed by atoms with Gasteiger partial charge in [0, 0.05) is 32.4 Å². The van der Waals surface area contributed by atoms with Gasteiger partial charge in [0.1, 0.15) is 5.82 Å². The van der Waals surface area contributed by atoms with Crippen LogP contribution in [0.2, 0.25) is 0 Å². The minimum absolute atomic E-state index is 0.830. The van der Waals surface area contributed by atoms with E-state index in [4.69, 9.17) is 0 Å². The summed E-state index contributed by atoms with van der Waals surface area (Å²) in [5.74, 6) is 1.86. The number of anilines is 1. The molecule has 0 bridgehead atoms. The summed E-state index contributed by atoms with van der Waals surface area (Å²) in [4.78, 5) is 12.4. The third-order valence-electron chi connectivity index (χ3n) is 2.82. The molecule has 1 fully saturated rings. The zero-order valence-electron chi connectivity index (χ0n) is 9.47. The van der Waals surface area contributed by atoms with Crippen molar-refractivity contribution < 1.29 is 0 Å². The minimum Gasteiger partial charge on any atom is -0.354 e. The molecule has 1 aliphatic heterocycles. The Labute approximate surface area is 104 Å². The van der Waals surface area contributed by atoms with Crippen molar-refractivity contribution >= 4 is 17.2 Å². The van der Waals surface area contributed by atoms with Crippen LogP contribution in [0, 0.1) is 0 Å². The van der Waals surface area contributed by atoms with Gasteiger partial charge in [-0.2, -0.15) is 0 Å². The molecule has 17 heavy (non-hydrogen) atoms. The molecule has 1 N–H and O–H groups in total. The first-order valence-electron chi connectivity index (χ1n) is 5.76. The fourth-order valence-electron chi connectivity index (χ4n) is 1.94. The number of nitrogens with zero attached hydrogens (tertiary/aromatic N) is 3. The maximum Gasteiger partial charge on any atom is 0.171 e. The summed E-state index contributed by atoms with van der Waals surface area (Å²) in [6, 6.07) is 6.07. The van der Waals surface area contributed by atoms with Gasteiger partial charge in [0.05, 0.1) is 4.88 Å². The van der Waals surface area contributed by atoms with Gasteiger partial charge in [-0.25, -0.2) is 9.97 Å². The maximum absolute atomic E-state index is 4.64. The van der Waals surface area contributed by atoms with Gasteiger partial charge in [-0.3, -0.25) is 0 Å². The Balaban J connectivity index is 1.88. The molecular weight excluding hydrogens is 232 g/mol. The molecule has 1 aliphatic rings. The quantitative estimate of drug-likeness (QED) is 0.874. The van der Waals surface area contributed by atoms with Crippen molar-refractivity contribution in [3.63, 3.8) is 0 Å². The molecule has 3 heterocycles. The van der Waals surface area contributed by atoms with Crippen LogP contribution in [0.5, 0.6) is 0 Å². The van der Waals surface area contributed by atoms with E-state index in [0.29, 0.717) is 0 Å². The number of piperazine rings is 1. The van der Waals surface area contributed by atoms with Crippen LogP contribution in [0.3, 0.4) is 0 Å². The van der Waals surface area contributed by atoms with E-state index in [2.05, 4.69) is 31.6 Å². The fraction of sp³-hybridized carbons (Fsp3) is 0.333. The van der Waals surface area contributed by atoms with Crippen LogP contribution in [0.25, 0.3) is 10.7 Å². The van der Waals surface area contributed by atoms with Crippen LogP contribution in [0.1, 0.15) is 0 Å². The van der Waals surface area contributed by atoms with Gasteiger partial charge >= 0.3 is 0 Å². The summed E-state index contributed by atoms with van der Waals surface area (Å²) in [7, 11) is 0. The summed E-state index contributed by atoms with van der Waals surface area (Å²) in [6.45, 7) is 4.08. The monoisotopic (exact) mass is 246 g/mol. The Morgan fingerprint density at radius 2 is 2.12 bits per heavy atom. The molecule has 0 aliphatic carbocycles. The molecule has 0 aromatic carbocycles. The molecule has 4 nitrogen and oxygen atoms in total. The summed E-state index contributed by atoms with van der Waals surface area (Å²) < 4.78 is 0. The van der Waals surface area contributed by atoms with Gasteiger partial charge in [0.15, 0.2) is 5.82 Å². The molecule has 5 heteroatoms. The highest BCUT2D eigenvalue weighted by Crippen LogP contribution is 2.22. The van der Waals surface area contributed by atoms with Gasteiger partial charge < -0.3 is 10.2 Å². The number of nitrogens with one attached hydrogen (secondary N) is 1. The Morgan fingerprint density at radius 3 is 2.88 bits per heavy atom. The van der Waals surface area contributed by atoms with Crippen LogP contribution in [-0.4, -0.2) is 36.1 Å². The Hall–Kier alpha value is -1.46. The van der Waals surface area contributed by atoms with E-state index in [-0.39, 0.29) is 0 Å². The van der Waals surface area contributed by atoms with Crippen LogP contribution < -0.4 is 10.2 Å².